The van der Waals surface area contributed by atoms with Gasteiger partial charge in [0.25, 0.3) is 5.91 Å². The Kier molecular flexibility index (Phi) is 6.93. The topological polar surface area (TPSA) is 83.2 Å². The van der Waals surface area contributed by atoms with Crippen LogP contribution in [0.3, 0.4) is 0 Å². The number of carbonyl (C=O) groups is 1. The van der Waals surface area contributed by atoms with Gasteiger partial charge in [0, 0.05) is 31.3 Å². The number of methoxy groups -OCH3 is 1. The first kappa shape index (κ1) is 23.8. The number of hydrogen-bond donors (Lipinski definition) is 1. The van der Waals surface area contributed by atoms with E-state index in [2.05, 4.69) is 15.4 Å². The van der Waals surface area contributed by atoms with Crippen molar-refractivity contribution in [3.63, 3.8) is 0 Å². The molecule has 1 N–H and O–H groups in total. The highest BCUT2D eigenvalue weighted by Crippen LogP contribution is 2.29. The van der Waals surface area contributed by atoms with E-state index >= 15 is 0 Å². The Morgan fingerprint density at radius 2 is 1.76 bits per heavy atom. The van der Waals surface area contributed by atoms with Gasteiger partial charge < -0.3 is 19.4 Å². The number of halogens is 1. The summed E-state index contributed by atoms with van der Waals surface area (Å²) >= 11 is 0. The Morgan fingerprint density at radius 1 is 0.973 bits per heavy atom. The van der Waals surface area contributed by atoms with Crippen LogP contribution in [-0.4, -0.2) is 32.3 Å². The van der Waals surface area contributed by atoms with E-state index in [1.165, 1.54) is 16.9 Å². The molecule has 0 bridgehead atoms. The minimum absolute atomic E-state index is 0.246. The van der Waals surface area contributed by atoms with Crippen LogP contribution in [0.4, 0.5) is 4.39 Å². The van der Waals surface area contributed by atoms with E-state index in [9.17, 15) is 9.18 Å². The van der Waals surface area contributed by atoms with Crippen LogP contribution in [0.2, 0.25) is 0 Å². The molecular formula is C28H24FN5O3. The van der Waals surface area contributed by atoms with Gasteiger partial charge in [0.1, 0.15) is 23.7 Å². The number of rotatable bonds is 9. The van der Waals surface area contributed by atoms with Gasteiger partial charge in [-0.3, -0.25) is 9.78 Å². The Labute approximate surface area is 212 Å². The van der Waals surface area contributed by atoms with Crippen LogP contribution in [0.15, 0.2) is 97.7 Å². The molecule has 0 saturated heterocycles. The fourth-order valence-corrected chi connectivity index (χ4v) is 3.88. The Bertz CT molecular complexity index is 1500. The summed E-state index contributed by atoms with van der Waals surface area (Å²) in [4.78, 5) is 17.2. The normalized spacial score (nSPS) is 10.8. The second-order valence-corrected chi connectivity index (χ2v) is 8.15. The molecule has 186 valence electrons. The van der Waals surface area contributed by atoms with Gasteiger partial charge in [-0.05, 0) is 59.7 Å². The minimum atomic E-state index is -0.440. The van der Waals surface area contributed by atoms with Gasteiger partial charge in [-0.2, -0.15) is 5.10 Å². The average Bonchev–Trinajstić information content (AvgIpc) is 3.62. The van der Waals surface area contributed by atoms with Gasteiger partial charge in [0.2, 0.25) is 0 Å². The molecule has 0 aliphatic heterocycles. The van der Waals surface area contributed by atoms with Gasteiger partial charge in [0.05, 0.1) is 13.3 Å². The minimum Gasteiger partial charge on any atom is -0.493 e. The highest BCUT2D eigenvalue weighted by molar-refractivity contribution is 5.97. The molecule has 37 heavy (non-hydrogen) atoms. The number of nitrogens with one attached hydrogen (secondary N) is 1. The van der Waals surface area contributed by atoms with Crippen LogP contribution >= 0.6 is 0 Å². The van der Waals surface area contributed by atoms with Gasteiger partial charge in [-0.15, -0.1) is 0 Å². The van der Waals surface area contributed by atoms with E-state index < -0.39 is 5.82 Å². The van der Waals surface area contributed by atoms with Crippen molar-refractivity contribution in [1.29, 1.82) is 0 Å². The van der Waals surface area contributed by atoms with E-state index in [0.29, 0.717) is 29.5 Å². The molecule has 0 aliphatic rings. The Morgan fingerprint density at radius 3 is 2.51 bits per heavy atom. The maximum absolute atomic E-state index is 14.5. The zero-order valence-electron chi connectivity index (χ0n) is 20.0. The largest absolute Gasteiger partial charge is 0.493 e. The van der Waals surface area contributed by atoms with Crippen molar-refractivity contribution in [2.45, 2.75) is 13.2 Å². The van der Waals surface area contributed by atoms with Gasteiger partial charge in [-0.1, -0.05) is 18.2 Å². The molecule has 5 aromatic rings. The third kappa shape index (κ3) is 5.20. The number of benzene rings is 2. The number of para-hydroxylation sites is 1. The summed E-state index contributed by atoms with van der Waals surface area (Å²) in [6.45, 7) is 0.624. The molecule has 0 spiro atoms. The van der Waals surface area contributed by atoms with Crippen molar-refractivity contribution in [2.24, 2.45) is 0 Å². The van der Waals surface area contributed by atoms with E-state index in [0.717, 1.165) is 11.1 Å². The first-order valence-electron chi connectivity index (χ1n) is 11.6. The second kappa shape index (κ2) is 10.8. The van der Waals surface area contributed by atoms with Crippen LogP contribution in [0, 0.1) is 5.82 Å². The van der Waals surface area contributed by atoms with Crippen molar-refractivity contribution in [3.05, 3.63) is 120 Å². The summed E-state index contributed by atoms with van der Waals surface area (Å²) < 4.78 is 29.1. The highest BCUT2D eigenvalue weighted by Gasteiger charge is 2.21. The first-order chi connectivity index (χ1) is 18.1. The lowest BCUT2D eigenvalue weighted by Crippen LogP contribution is -2.24. The summed E-state index contributed by atoms with van der Waals surface area (Å²) in [6, 6.07) is 19.2. The third-order valence-electron chi connectivity index (χ3n) is 5.74. The molecule has 0 saturated carbocycles. The average molecular weight is 498 g/mol. The molecule has 0 radical (unpaired) electrons. The fourth-order valence-electron chi connectivity index (χ4n) is 3.88. The standard InChI is InChI=1S/C28H24FN5O3/c1-36-26-16-21(8-9-25(26)37-19-20-10-12-30-13-11-20)17-31-27(35)22-18-32-34(24-7-3-2-6-23(24)29)28(22)33-14-4-5-15-33/h2-16,18H,17,19H2,1H3,(H,31,35). The molecule has 9 heteroatoms. The molecule has 3 aromatic heterocycles. The van der Waals surface area contributed by atoms with Crippen LogP contribution < -0.4 is 14.8 Å². The van der Waals surface area contributed by atoms with Crippen LogP contribution in [0.25, 0.3) is 11.5 Å². The Balaban J connectivity index is 1.33. The van der Waals surface area contributed by atoms with Gasteiger partial charge in [-0.25, -0.2) is 9.07 Å². The highest BCUT2D eigenvalue weighted by atomic mass is 19.1. The summed E-state index contributed by atoms with van der Waals surface area (Å²) in [7, 11) is 1.57. The van der Waals surface area contributed by atoms with Gasteiger partial charge in [0.15, 0.2) is 17.3 Å². The maximum Gasteiger partial charge on any atom is 0.256 e. The second-order valence-electron chi connectivity index (χ2n) is 8.15. The zero-order valence-corrected chi connectivity index (χ0v) is 20.0. The lowest BCUT2D eigenvalue weighted by molar-refractivity contribution is 0.0951. The molecule has 8 nitrogen and oxygen atoms in total. The van der Waals surface area contributed by atoms with E-state index in [4.69, 9.17) is 9.47 Å². The lowest BCUT2D eigenvalue weighted by atomic mass is 10.2. The Hall–Kier alpha value is -4.92. The van der Waals surface area contributed by atoms with Crippen LogP contribution in [0.1, 0.15) is 21.5 Å². The SMILES string of the molecule is COc1cc(CNC(=O)c2cnn(-c3ccccc3F)c2-n2cccc2)ccc1OCc1ccncc1. The summed E-state index contributed by atoms with van der Waals surface area (Å²) in [5.74, 6) is 0.800. The van der Waals surface area contributed by atoms with Crippen molar-refractivity contribution in [3.8, 4) is 23.0 Å². The van der Waals surface area contributed by atoms with E-state index in [1.54, 1.807) is 54.7 Å². The van der Waals surface area contributed by atoms with E-state index in [1.807, 2.05) is 42.5 Å². The molecule has 5 rings (SSSR count). The maximum atomic E-state index is 14.5. The van der Waals surface area contributed by atoms with E-state index in [-0.39, 0.29) is 18.1 Å². The number of hydrogen-bond acceptors (Lipinski definition) is 5. The predicted molar refractivity (Wildman–Crippen MR) is 136 cm³/mol. The molecule has 1 amide bonds. The lowest BCUT2D eigenvalue weighted by Gasteiger charge is -2.13. The molecule has 0 aliphatic carbocycles. The monoisotopic (exact) mass is 497 g/mol. The number of ether oxygens (including phenoxy) is 2. The summed E-state index contributed by atoms with van der Waals surface area (Å²) in [5.41, 5.74) is 2.37. The zero-order chi connectivity index (χ0) is 25.6. The number of amides is 1. The van der Waals surface area contributed by atoms with Crippen molar-refractivity contribution >= 4 is 5.91 Å². The summed E-state index contributed by atoms with van der Waals surface area (Å²) in [6.07, 6.45) is 8.42. The third-order valence-corrected chi connectivity index (χ3v) is 5.74. The molecule has 0 fully saturated rings. The molecule has 2 aromatic carbocycles. The smallest absolute Gasteiger partial charge is 0.256 e. The number of nitrogens with zero attached hydrogens (tertiary/aromatic N) is 4. The quantitative estimate of drug-likeness (QED) is 0.319. The molecule has 0 unspecified atom stereocenters. The summed E-state index contributed by atoms with van der Waals surface area (Å²) in [5, 5.41) is 7.24. The molecular weight excluding hydrogens is 473 g/mol. The van der Waals surface area contributed by atoms with Crippen molar-refractivity contribution in [2.75, 3.05) is 7.11 Å². The molecule has 3 heterocycles. The van der Waals surface area contributed by atoms with Crippen molar-refractivity contribution in [1.82, 2.24) is 24.6 Å². The molecule has 0 atom stereocenters. The van der Waals surface area contributed by atoms with Crippen molar-refractivity contribution < 1.29 is 18.7 Å². The number of pyridine rings is 1. The number of carbonyl (C=O) groups excluding carboxylic acids is 1. The van der Waals surface area contributed by atoms with Crippen LogP contribution in [0.5, 0.6) is 11.5 Å². The predicted octanol–water partition coefficient (Wildman–Crippen LogP) is 4.71. The first-order valence-corrected chi connectivity index (χ1v) is 11.6. The fraction of sp³-hybridized carbons (Fsp3) is 0.107. The van der Waals surface area contributed by atoms with Crippen LogP contribution in [-0.2, 0) is 13.2 Å². The van der Waals surface area contributed by atoms with Gasteiger partial charge >= 0.3 is 0 Å². The number of aromatic nitrogens is 4.